The fourth-order valence-electron chi connectivity index (χ4n) is 1.29. The molecule has 4 heteroatoms. The Morgan fingerprint density at radius 3 is 1.75 bits per heavy atom. The maximum Gasteiger partial charge on any atom is 0.116 e. The third kappa shape index (κ3) is 17.7. The van der Waals surface area contributed by atoms with Crippen molar-refractivity contribution in [3.8, 4) is 5.75 Å². The average Bonchev–Trinajstić information content (AvgIpc) is 2.70. The zero-order valence-electron chi connectivity index (χ0n) is 12.4. The van der Waals surface area contributed by atoms with Gasteiger partial charge in [-0.15, -0.1) is 31.2 Å². The molecule has 0 atom stereocenters. The molecule has 111 valence electrons. The number of rotatable bonds is 0. The first kappa shape index (κ1) is 24.7. The number of halogens is 2. The summed E-state index contributed by atoms with van der Waals surface area (Å²) in [5.41, 5.74) is 2.21. The first-order valence-corrected chi connectivity index (χ1v) is 6.70. The molecule has 1 aromatic rings. The minimum Gasteiger partial charge on any atom is -0.508 e. The summed E-state index contributed by atoms with van der Waals surface area (Å²) >= 11 is 2.08. The van der Waals surface area contributed by atoms with Crippen molar-refractivity contribution < 1.29 is 25.1 Å². The Hall–Kier alpha value is -0.336. The van der Waals surface area contributed by atoms with Crippen molar-refractivity contribution in [2.24, 2.45) is 0 Å². The molecule has 0 fully saturated rings. The molecule has 0 aliphatic heterocycles. The number of allylic oxidation sites excluding steroid dienone is 4. The van der Waals surface area contributed by atoms with Gasteiger partial charge in [0.1, 0.15) is 5.75 Å². The first-order valence-electron chi connectivity index (χ1n) is 5.92. The van der Waals surface area contributed by atoms with E-state index in [1.165, 1.54) is 3.81 Å². The average molecular weight is 350 g/mol. The van der Waals surface area contributed by atoms with E-state index >= 15 is 0 Å². The number of aromatic hydroxyl groups is 1. The molecule has 0 unspecified atom stereocenters. The Labute approximate surface area is 146 Å². The van der Waals surface area contributed by atoms with E-state index < -0.39 is 0 Å². The second-order valence-corrected chi connectivity index (χ2v) is 5.91. The van der Waals surface area contributed by atoms with Gasteiger partial charge in [-0.1, -0.05) is 6.07 Å². The quantitative estimate of drug-likeness (QED) is 0.521. The van der Waals surface area contributed by atoms with Crippen LogP contribution in [0.4, 0.5) is 0 Å². The smallest absolute Gasteiger partial charge is 0.116 e. The fourth-order valence-corrected chi connectivity index (χ4v) is 1.29. The van der Waals surface area contributed by atoms with Crippen LogP contribution in [-0.2, 0) is 20.0 Å². The van der Waals surface area contributed by atoms with Crippen LogP contribution < -0.4 is 0 Å². The molecule has 20 heavy (non-hydrogen) atoms. The number of phenolic OH excluding ortho intramolecular Hbond substituents is 1. The van der Waals surface area contributed by atoms with E-state index in [4.69, 9.17) is 5.11 Å². The van der Waals surface area contributed by atoms with Gasteiger partial charge >= 0.3 is 37.6 Å². The molecule has 1 nitrogen and oxygen atoms in total. The third-order valence-corrected chi connectivity index (χ3v) is 1.79. The van der Waals surface area contributed by atoms with Gasteiger partial charge in [0.2, 0.25) is 0 Å². The molecule has 0 spiro atoms. The largest absolute Gasteiger partial charge is 0.508 e. The van der Waals surface area contributed by atoms with Gasteiger partial charge in [0.15, 0.2) is 0 Å². The molecule has 0 amide bonds. The molecule has 1 aromatic carbocycles. The standard InChI is InChI=1S/C8H10O.C5H5.C3H6.2ClH.Ti/c1-6-3-7(2)5-8(9)4-6;1-2-4-5-3-1;1-3-2;;;/h3-5,9H,1-2H3;1-3H,4H2;1-2H3;2*1H;/q;-1;;;;+1. The van der Waals surface area contributed by atoms with E-state index in [2.05, 4.69) is 46.0 Å². The number of benzene rings is 1. The molecule has 0 radical (unpaired) electrons. The maximum absolute atomic E-state index is 8.99. The van der Waals surface area contributed by atoms with Crippen LogP contribution in [0, 0.1) is 19.9 Å². The minimum absolute atomic E-state index is 0. The molecule has 0 saturated carbocycles. The molecule has 0 bridgehead atoms. The van der Waals surface area contributed by atoms with Gasteiger partial charge in [-0.3, -0.25) is 6.08 Å². The minimum atomic E-state index is 0. The Morgan fingerprint density at radius 1 is 1.10 bits per heavy atom. The van der Waals surface area contributed by atoms with Gasteiger partial charge in [0.05, 0.1) is 0 Å². The van der Waals surface area contributed by atoms with Crippen molar-refractivity contribution in [3.05, 3.63) is 53.6 Å². The monoisotopic (exact) mass is 349 g/mol. The molecule has 1 aliphatic carbocycles. The van der Waals surface area contributed by atoms with E-state index in [1.54, 1.807) is 12.1 Å². The SMILES string of the molecule is C[C](C)=[Ti+].Cc1cc(C)cc(O)c1.Cl.Cl.[C-]1=CC=CC1. The van der Waals surface area contributed by atoms with Gasteiger partial charge < -0.3 is 5.11 Å². The van der Waals surface area contributed by atoms with Crippen LogP contribution in [0.2, 0.25) is 0 Å². The van der Waals surface area contributed by atoms with Crippen molar-refractivity contribution in [2.45, 2.75) is 34.1 Å². The topological polar surface area (TPSA) is 20.2 Å². The molecular formula is C16H23Cl2OTi. The molecule has 0 saturated heterocycles. The summed E-state index contributed by atoms with van der Waals surface area (Å²) in [6, 6.07) is 5.51. The maximum atomic E-state index is 8.99. The van der Waals surface area contributed by atoms with Gasteiger partial charge in [-0.2, -0.15) is 6.08 Å². The molecular weight excluding hydrogens is 327 g/mol. The van der Waals surface area contributed by atoms with E-state index in [9.17, 15) is 0 Å². The predicted molar refractivity (Wildman–Crippen MR) is 90.0 cm³/mol. The first-order chi connectivity index (χ1) is 8.41. The molecule has 0 aromatic heterocycles. The summed E-state index contributed by atoms with van der Waals surface area (Å²) in [7, 11) is 0. The van der Waals surface area contributed by atoms with E-state index in [0.29, 0.717) is 5.75 Å². The molecule has 0 heterocycles. The van der Waals surface area contributed by atoms with Crippen molar-refractivity contribution in [1.82, 2.24) is 0 Å². The summed E-state index contributed by atoms with van der Waals surface area (Å²) in [5.74, 6) is 0.354. The number of hydrogen-bond donors (Lipinski definition) is 1. The Morgan fingerprint density at radius 2 is 1.55 bits per heavy atom. The van der Waals surface area contributed by atoms with Crippen LogP contribution >= 0.6 is 24.8 Å². The second-order valence-electron chi connectivity index (χ2n) is 4.35. The van der Waals surface area contributed by atoms with E-state index in [0.717, 1.165) is 17.5 Å². The van der Waals surface area contributed by atoms with E-state index in [1.807, 2.05) is 32.1 Å². The molecule has 1 N–H and O–H groups in total. The van der Waals surface area contributed by atoms with Gasteiger partial charge in [0, 0.05) is 0 Å². The number of aryl methyl sites for hydroxylation is 2. The Balaban J connectivity index is -0.000000228. The van der Waals surface area contributed by atoms with Crippen molar-refractivity contribution >= 4 is 28.6 Å². The third-order valence-electron chi connectivity index (χ3n) is 1.79. The Bertz CT molecular complexity index is 376. The second kappa shape index (κ2) is 15.1. The summed E-state index contributed by atoms with van der Waals surface area (Å²) in [6.45, 7) is 8.10. The van der Waals surface area contributed by atoms with Crippen molar-refractivity contribution in [2.75, 3.05) is 0 Å². The van der Waals surface area contributed by atoms with Gasteiger partial charge in [0.25, 0.3) is 0 Å². The summed E-state index contributed by atoms with van der Waals surface area (Å²) in [5, 5.41) is 8.99. The van der Waals surface area contributed by atoms with Crippen LogP contribution in [-0.4, -0.2) is 8.92 Å². The van der Waals surface area contributed by atoms with E-state index in [-0.39, 0.29) is 24.8 Å². The van der Waals surface area contributed by atoms with Crippen molar-refractivity contribution in [1.29, 1.82) is 0 Å². The van der Waals surface area contributed by atoms with Crippen LogP contribution in [0.25, 0.3) is 0 Å². The summed E-state index contributed by atoms with van der Waals surface area (Å²) in [6.07, 6.45) is 10.0. The van der Waals surface area contributed by atoms with Crippen molar-refractivity contribution in [3.63, 3.8) is 0 Å². The molecule has 1 aliphatic rings. The Kier molecular flexibility index (Phi) is 18.6. The van der Waals surface area contributed by atoms with Crippen LogP contribution in [0.5, 0.6) is 5.75 Å². The fraction of sp³-hybridized carbons (Fsp3) is 0.312. The number of phenols is 1. The normalized spacial score (nSPS) is 10.1. The van der Waals surface area contributed by atoms with Crippen LogP contribution in [0.3, 0.4) is 0 Å². The molecule has 2 rings (SSSR count). The zero-order valence-corrected chi connectivity index (χ0v) is 15.6. The summed E-state index contributed by atoms with van der Waals surface area (Å²) < 4.78 is 1.42. The number of hydrogen-bond acceptors (Lipinski definition) is 1. The predicted octanol–water partition coefficient (Wildman–Crippen LogP) is 4.90. The van der Waals surface area contributed by atoms with Crippen LogP contribution in [0.15, 0.2) is 36.4 Å². The van der Waals surface area contributed by atoms with Gasteiger partial charge in [-0.05, 0) is 37.1 Å². The van der Waals surface area contributed by atoms with Gasteiger partial charge in [-0.25, -0.2) is 12.2 Å². The van der Waals surface area contributed by atoms with Crippen LogP contribution in [0.1, 0.15) is 31.4 Å². The summed E-state index contributed by atoms with van der Waals surface area (Å²) in [4.78, 5) is 0. The zero-order chi connectivity index (χ0) is 14.0.